The first-order chi connectivity index (χ1) is 12.2. The fourth-order valence-electron chi connectivity index (χ4n) is 3.12. The summed E-state index contributed by atoms with van der Waals surface area (Å²) >= 11 is 5.97. The van der Waals surface area contributed by atoms with Crippen molar-refractivity contribution in [3.8, 4) is 6.07 Å². The highest BCUT2D eigenvalue weighted by atomic mass is 35.5. The maximum Gasteiger partial charge on any atom is 0.410 e. The zero-order valence-electron chi connectivity index (χ0n) is 15.3. The van der Waals surface area contributed by atoms with Crippen molar-refractivity contribution >= 4 is 17.7 Å². The quantitative estimate of drug-likeness (QED) is 0.756. The van der Waals surface area contributed by atoms with Crippen molar-refractivity contribution in [1.82, 2.24) is 4.90 Å². The Morgan fingerprint density at radius 2 is 2.19 bits per heavy atom. The average Bonchev–Trinajstić information content (AvgIpc) is 2.53. The van der Waals surface area contributed by atoms with Gasteiger partial charge in [0, 0.05) is 24.0 Å². The molecule has 0 aromatic heterocycles. The van der Waals surface area contributed by atoms with E-state index in [1.165, 1.54) is 12.1 Å². The van der Waals surface area contributed by atoms with Crippen molar-refractivity contribution in [3.05, 3.63) is 34.6 Å². The highest BCUT2D eigenvalue weighted by molar-refractivity contribution is 6.30. The van der Waals surface area contributed by atoms with Gasteiger partial charge in [-0.25, -0.2) is 9.18 Å². The van der Waals surface area contributed by atoms with Crippen LogP contribution in [0, 0.1) is 23.1 Å². The van der Waals surface area contributed by atoms with Gasteiger partial charge in [0.1, 0.15) is 18.0 Å². The Balaban J connectivity index is 2.19. The number of nitrogens with zero attached hydrogens (tertiary/aromatic N) is 2. The summed E-state index contributed by atoms with van der Waals surface area (Å²) in [5.41, 5.74) is -0.00196. The minimum atomic E-state index is -0.573. The van der Waals surface area contributed by atoms with Gasteiger partial charge in [-0.2, -0.15) is 5.26 Å². The maximum absolute atomic E-state index is 13.8. The fourth-order valence-corrected chi connectivity index (χ4v) is 3.35. The summed E-state index contributed by atoms with van der Waals surface area (Å²) in [5.74, 6) is -0.541. The summed E-state index contributed by atoms with van der Waals surface area (Å²) in [7, 11) is 0. The van der Waals surface area contributed by atoms with Gasteiger partial charge in [0.05, 0.1) is 12.2 Å². The fraction of sp³-hybridized carbons (Fsp3) is 0.579. The van der Waals surface area contributed by atoms with Crippen LogP contribution in [-0.4, -0.2) is 36.3 Å². The Labute approximate surface area is 158 Å². The summed E-state index contributed by atoms with van der Waals surface area (Å²) in [6.07, 6.45) is 0.676. The molecule has 0 bridgehead atoms. The van der Waals surface area contributed by atoms with Crippen molar-refractivity contribution in [2.45, 2.75) is 45.3 Å². The van der Waals surface area contributed by atoms with E-state index in [-0.39, 0.29) is 23.6 Å². The van der Waals surface area contributed by atoms with Gasteiger partial charge in [-0.1, -0.05) is 11.6 Å². The minimum absolute atomic E-state index is 0.0810. The number of nitriles is 1. The number of benzene rings is 1. The normalized spacial score (nSPS) is 18.9. The third kappa shape index (κ3) is 5.86. The molecule has 1 saturated heterocycles. The molecule has 1 aromatic rings. The molecule has 0 N–H and O–H groups in total. The van der Waals surface area contributed by atoms with E-state index in [4.69, 9.17) is 26.3 Å². The molecule has 142 valence electrons. The van der Waals surface area contributed by atoms with Crippen LogP contribution in [0.5, 0.6) is 0 Å². The minimum Gasteiger partial charge on any atom is -0.444 e. The third-order valence-corrected chi connectivity index (χ3v) is 4.30. The Morgan fingerprint density at radius 1 is 1.46 bits per heavy atom. The van der Waals surface area contributed by atoms with E-state index in [1.54, 1.807) is 11.0 Å². The predicted molar refractivity (Wildman–Crippen MR) is 96.2 cm³/mol. The topological polar surface area (TPSA) is 62.6 Å². The van der Waals surface area contributed by atoms with Gasteiger partial charge in [0.15, 0.2) is 0 Å². The van der Waals surface area contributed by atoms with Crippen LogP contribution >= 0.6 is 11.6 Å². The molecule has 2 atom stereocenters. The molecule has 0 spiro atoms. The van der Waals surface area contributed by atoms with Crippen LogP contribution in [0.4, 0.5) is 9.18 Å². The smallest absolute Gasteiger partial charge is 0.410 e. The van der Waals surface area contributed by atoms with E-state index in [9.17, 15) is 9.18 Å². The van der Waals surface area contributed by atoms with E-state index >= 15 is 0 Å². The molecule has 1 fully saturated rings. The first-order valence-corrected chi connectivity index (χ1v) is 9.00. The van der Waals surface area contributed by atoms with Gasteiger partial charge >= 0.3 is 6.09 Å². The molecule has 0 radical (unpaired) electrons. The van der Waals surface area contributed by atoms with Gasteiger partial charge in [0.2, 0.25) is 0 Å². The molecule has 1 aliphatic rings. The monoisotopic (exact) mass is 382 g/mol. The zero-order chi connectivity index (χ0) is 19.3. The van der Waals surface area contributed by atoms with E-state index < -0.39 is 17.5 Å². The second-order valence-electron chi connectivity index (χ2n) is 7.42. The van der Waals surface area contributed by atoms with Gasteiger partial charge in [-0.3, -0.25) is 0 Å². The molecule has 5 nitrogen and oxygen atoms in total. The van der Waals surface area contributed by atoms with Crippen molar-refractivity contribution in [1.29, 1.82) is 5.26 Å². The standard InChI is InChI=1S/C19H24ClFN2O3/c1-19(2,3)26-18(24)23-7-4-5-13(12-23)17(25-8-6-22)14-9-15(20)11-16(21)10-14/h9-11,13,17H,4-5,7-8,12H2,1-3H3. The van der Waals surface area contributed by atoms with Gasteiger partial charge in [0.25, 0.3) is 0 Å². The van der Waals surface area contributed by atoms with Crippen LogP contribution in [0.25, 0.3) is 0 Å². The second kappa shape index (κ2) is 8.70. The lowest BCUT2D eigenvalue weighted by atomic mass is 9.88. The van der Waals surface area contributed by atoms with Gasteiger partial charge in [-0.15, -0.1) is 0 Å². The number of piperidine rings is 1. The number of amides is 1. The van der Waals surface area contributed by atoms with Crippen LogP contribution in [0.15, 0.2) is 18.2 Å². The number of carbonyl (C=O) groups excluding carboxylic acids is 1. The molecular weight excluding hydrogens is 359 g/mol. The summed E-state index contributed by atoms with van der Waals surface area (Å²) in [5, 5.41) is 9.15. The number of likely N-dealkylation sites (tertiary alicyclic amines) is 1. The lowest BCUT2D eigenvalue weighted by Gasteiger charge is -2.37. The van der Waals surface area contributed by atoms with E-state index in [2.05, 4.69) is 0 Å². The number of carbonyl (C=O) groups is 1. The van der Waals surface area contributed by atoms with Crippen molar-refractivity contribution in [2.75, 3.05) is 19.7 Å². The number of hydrogen-bond acceptors (Lipinski definition) is 4. The number of halogens is 2. The van der Waals surface area contributed by atoms with Crippen LogP contribution in [0.3, 0.4) is 0 Å². The van der Waals surface area contributed by atoms with Crippen LogP contribution in [0.2, 0.25) is 5.02 Å². The maximum atomic E-state index is 13.8. The summed E-state index contributed by atoms with van der Waals surface area (Å²) < 4.78 is 24.9. The zero-order valence-corrected chi connectivity index (χ0v) is 16.1. The van der Waals surface area contributed by atoms with Crippen LogP contribution in [0.1, 0.15) is 45.3 Å². The first kappa shape index (κ1) is 20.5. The third-order valence-electron chi connectivity index (χ3n) is 4.08. The summed E-state index contributed by atoms with van der Waals surface area (Å²) in [6.45, 7) is 6.35. The predicted octanol–water partition coefficient (Wildman–Crippen LogP) is 4.71. The van der Waals surface area contributed by atoms with E-state index in [1.807, 2.05) is 26.8 Å². The largest absolute Gasteiger partial charge is 0.444 e. The van der Waals surface area contributed by atoms with E-state index in [0.29, 0.717) is 18.7 Å². The summed E-state index contributed by atoms with van der Waals surface area (Å²) in [4.78, 5) is 14.0. The first-order valence-electron chi connectivity index (χ1n) is 8.62. The molecule has 1 heterocycles. The van der Waals surface area contributed by atoms with Gasteiger partial charge in [-0.05, 0) is 57.4 Å². The van der Waals surface area contributed by atoms with Gasteiger partial charge < -0.3 is 14.4 Å². The Kier molecular flexibility index (Phi) is 6.85. The molecule has 2 unspecified atom stereocenters. The van der Waals surface area contributed by atoms with E-state index in [0.717, 1.165) is 12.8 Å². The molecule has 7 heteroatoms. The number of hydrogen-bond donors (Lipinski definition) is 0. The number of rotatable bonds is 4. The second-order valence-corrected chi connectivity index (χ2v) is 7.86. The Morgan fingerprint density at radius 3 is 2.81 bits per heavy atom. The van der Waals surface area contributed by atoms with Crippen molar-refractivity contribution in [2.24, 2.45) is 5.92 Å². The molecular formula is C19H24ClFN2O3. The highest BCUT2D eigenvalue weighted by Gasteiger charge is 2.33. The van der Waals surface area contributed by atoms with Crippen molar-refractivity contribution in [3.63, 3.8) is 0 Å². The van der Waals surface area contributed by atoms with Crippen molar-refractivity contribution < 1.29 is 18.7 Å². The molecule has 0 saturated carbocycles. The average molecular weight is 383 g/mol. The molecule has 2 rings (SSSR count). The Hall–Kier alpha value is -1.84. The molecule has 1 aliphatic heterocycles. The SMILES string of the molecule is CC(C)(C)OC(=O)N1CCCC(C(OCC#N)c2cc(F)cc(Cl)c2)C1. The van der Waals surface area contributed by atoms with Crippen LogP contribution < -0.4 is 0 Å². The molecule has 1 amide bonds. The lowest BCUT2D eigenvalue weighted by Crippen LogP contribution is -2.44. The molecule has 0 aliphatic carbocycles. The van der Waals surface area contributed by atoms with Crippen LogP contribution in [-0.2, 0) is 9.47 Å². The molecule has 1 aromatic carbocycles. The lowest BCUT2D eigenvalue weighted by molar-refractivity contribution is -0.0166. The highest BCUT2D eigenvalue weighted by Crippen LogP contribution is 2.34. The molecule has 26 heavy (non-hydrogen) atoms. The number of ether oxygens (including phenoxy) is 2. The summed E-state index contributed by atoms with van der Waals surface area (Å²) in [6, 6.07) is 6.17. The Bertz CT molecular complexity index is 664.